The molecule has 3 heterocycles. The molecule has 5 aliphatic rings. The number of nitrogens with zero attached hydrogens (tertiary/aromatic N) is 1. The van der Waals surface area contributed by atoms with E-state index in [4.69, 9.17) is 23.7 Å². The summed E-state index contributed by atoms with van der Waals surface area (Å²) in [7, 11) is 0. The number of aliphatic hydroxyl groups is 1. The number of hydrogen-bond donors (Lipinski definition) is 2. The summed E-state index contributed by atoms with van der Waals surface area (Å²) >= 11 is 0. The van der Waals surface area contributed by atoms with Crippen molar-refractivity contribution in [3.63, 3.8) is 0 Å². The van der Waals surface area contributed by atoms with Gasteiger partial charge in [-0.25, -0.2) is 14.4 Å². The van der Waals surface area contributed by atoms with E-state index in [2.05, 4.69) is 5.32 Å². The van der Waals surface area contributed by atoms with Gasteiger partial charge in [-0.2, -0.15) is 0 Å². The highest BCUT2D eigenvalue weighted by atomic mass is 16.8. The number of esters is 3. The minimum atomic E-state index is -1.05. The highest BCUT2D eigenvalue weighted by Gasteiger charge is 2.55. The first kappa shape index (κ1) is 35.5. The van der Waals surface area contributed by atoms with E-state index in [1.54, 1.807) is 44.2 Å². The van der Waals surface area contributed by atoms with Crippen molar-refractivity contribution in [2.75, 3.05) is 26.3 Å². The molecule has 3 fully saturated rings. The third-order valence-electron chi connectivity index (χ3n) is 10.3. The predicted molar refractivity (Wildman–Crippen MR) is 183 cm³/mol. The number of likely N-dealkylation sites (tertiary alicyclic amines) is 1. The number of benzene rings is 2. The zero-order chi connectivity index (χ0) is 36.6. The molecule has 3 aliphatic heterocycles. The second kappa shape index (κ2) is 14.3. The largest absolute Gasteiger partial charge is 0.462 e. The van der Waals surface area contributed by atoms with Crippen LogP contribution >= 0.6 is 0 Å². The fourth-order valence-corrected chi connectivity index (χ4v) is 7.69. The van der Waals surface area contributed by atoms with Crippen molar-refractivity contribution in [3.8, 4) is 0 Å². The fraction of sp³-hybridized carbons (Fsp3) is 0.462. The van der Waals surface area contributed by atoms with E-state index in [1.807, 2.05) is 24.3 Å². The molecule has 3 saturated heterocycles. The van der Waals surface area contributed by atoms with Gasteiger partial charge in [0.25, 0.3) is 0 Å². The van der Waals surface area contributed by atoms with Crippen LogP contribution in [-0.4, -0.2) is 102 Å². The maximum atomic E-state index is 14.1. The highest BCUT2D eigenvalue weighted by Crippen LogP contribution is 2.45. The molecule has 13 heteroatoms. The number of fused-ring (bicyclic) bond motifs is 2. The summed E-state index contributed by atoms with van der Waals surface area (Å²) in [5, 5.41) is 11.9. The summed E-state index contributed by atoms with van der Waals surface area (Å²) in [6, 6.07) is 13.8. The van der Waals surface area contributed by atoms with E-state index in [1.165, 1.54) is 11.0 Å². The highest BCUT2D eigenvalue weighted by molar-refractivity contribution is 5.99. The van der Waals surface area contributed by atoms with Crippen LogP contribution in [0, 0.1) is 5.41 Å². The van der Waals surface area contributed by atoms with Gasteiger partial charge in [0, 0.05) is 49.4 Å². The smallest absolute Gasteiger partial charge is 0.348 e. The molecule has 2 N–H and O–H groups in total. The van der Waals surface area contributed by atoms with Crippen LogP contribution in [-0.2, 0) is 55.7 Å². The molecule has 0 aromatic heterocycles. The van der Waals surface area contributed by atoms with Crippen LogP contribution in [0.15, 0.2) is 66.3 Å². The Bertz CT molecular complexity index is 1810. The Morgan fingerprint density at radius 3 is 2.46 bits per heavy atom. The normalized spacial score (nSPS) is 26.8. The summed E-state index contributed by atoms with van der Waals surface area (Å²) in [6.45, 7) is 3.92. The lowest BCUT2D eigenvalue weighted by molar-refractivity contribution is -0.172. The summed E-state index contributed by atoms with van der Waals surface area (Å²) in [5.41, 5.74) is 2.39. The molecular formula is C39H42N2O11. The first-order valence-electron chi connectivity index (χ1n) is 17.6. The van der Waals surface area contributed by atoms with Gasteiger partial charge < -0.3 is 39.0 Å². The van der Waals surface area contributed by atoms with Gasteiger partial charge in [0.15, 0.2) is 5.79 Å². The predicted octanol–water partition coefficient (Wildman–Crippen LogP) is 2.43. The van der Waals surface area contributed by atoms with E-state index in [0.717, 1.165) is 17.2 Å². The minimum absolute atomic E-state index is 0.0250. The Kier molecular flexibility index (Phi) is 9.77. The van der Waals surface area contributed by atoms with Gasteiger partial charge in [0.05, 0.1) is 12.2 Å². The van der Waals surface area contributed by atoms with Crippen LogP contribution in [0.4, 0.5) is 0 Å². The molecule has 5 atom stereocenters. The molecule has 274 valence electrons. The molecule has 2 aromatic carbocycles. The Labute approximate surface area is 300 Å². The molecule has 2 amide bonds. The number of rotatable bonds is 9. The van der Waals surface area contributed by atoms with Crippen molar-refractivity contribution in [1.29, 1.82) is 0 Å². The molecule has 1 spiro atoms. The standard InChI is InChI=1S/C39H42N2O11/c1-38(2)22-48-37(47)33(38)50-31(43)14-13-23-8-5-6-11-27(23)36(46)49-29-18-26(35(45)41-16-7-12-28(41)34(44)40-15-17-42)19-30-32(29)52-39(51-30)20-24-9-3-4-10-25(24)21-39/h3-6,8-11,13-14,19,28-30,32-33,42H,7,12,15-18,20-22H2,1-2H3,(H,40,44). The average molecular weight is 715 g/mol. The molecule has 2 aliphatic carbocycles. The second-order valence-corrected chi connectivity index (χ2v) is 14.5. The quantitative estimate of drug-likeness (QED) is 0.223. The lowest BCUT2D eigenvalue weighted by Crippen LogP contribution is -2.49. The van der Waals surface area contributed by atoms with Crippen molar-refractivity contribution < 1.29 is 52.8 Å². The molecular weight excluding hydrogens is 672 g/mol. The van der Waals surface area contributed by atoms with E-state index >= 15 is 0 Å². The first-order valence-corrected chi connectivity index (χ1v) is 17.6. The summed E-state index contributed by atoms with van der Waals surface area (Å²) in [4.78, 5) is 67.2. The minimum Gasteiger partial charge on any atom is -0.462 e. The lowest BCUT2D eigenvalue weighted by Gasteiger charge is -2.32. The maximum Gasteiger partial charge on any atom is 0.348 e. The molecule has 0 bridgehead atoms. The number of hydrogen-bond acceptors (Lipinski definition) is 11. The fourth-order valence-electron chi connectivity index (χ4n) is 7.69. The SMILES string of the molecule is CC1(C)COC(=O)C1OC(=O)C=Cc1ccccc1C(=O)OC1CC(C(=O)N2CCCC2C(=O)NCCO)=CC2OC3(Cc4ccccc4C3)OC21. The Morgan fingerprint density at radius 2 is 1.75 bits per heavy atom. The number of carbonyl (C=O) groups excluding carboxylic acids is 5. The second-order valence-electron chi connectivity index (χ2n) is 14.5. The number of aliphatic hydroxyl groups excluding tert-OH is 1. The van der Waals surface area contributed by atoms with Crippen molar-refractivity contribution >= 4 is 35.8 Å². The van der Waals surface area contributed by atoms with Gasteiger partial charge in [-0.15, -0.1) is 0 Å². The van der Waals surface area contributed by atoms with Gasteiger partial charge in [0.2, 0.25) is 17.9 Å². The number of nitrogens with one attached hydrogen (secondary N) is 1. The molecule has 0 radical (unpaired) electrons. The van der Waals surface area contributed by atoms with E-state index in [9.17, 15) is 29.1 Å². The van der Waals surface area contributed by atoms with Crippen molar-refractivity contribution in [1.82, 2.24) is 10.2 Å². The molecule has 52 heavy (non-hydrogen) atoms. The zero-order valence-corrected chi connectivity index (χ0v) is 29.1. The van der Waals surface area contributed by atoms with E-state index in [0.29, 0.717) is 43.4 Å². The Hall–Kier alpha value is -4.85. The van der Waals surface area contributed by atoms with E-state index < -0.39 is 59.6 Å². The number of amides is 2. The molecule has 13 nitrogen and oxygen atoms in total. The summed E-state index contributed by atoms with van der Waals surface area (Å²) in [5.74, 6) is -3.76. The van der Waals surface area contributed by atoms with Crippen LogP contribution in [0.25, 0.3) is 6.08 Å². The van der Waals surface area contributed by atoms with Crippen LogP contribution in [0.3, 0.4) is 0 Å². The van der Waals surface area contributed by atoms with Gasteiger partial charge >= 0.3 is 17.9 Å². The van der Waals surface area contributed by atoms with Crippen LogP contribution < -0.4 is 5.32 Å². The van der Waals surface area contributed by atoms with Gasteiger partial charge in [-0.3, -0.25) is 9.59 Å². The van der Waals surface area contributed by atoms with Gasteiger partial charge in [-0.05, 0) is 47.8 Å². The average Bonchev–Trinajstić information content (AvgIpc) is 3.91. The van der Waals surface area contributed by atoms with Gasteiger partial charge in [0.1, 0.15) is 31.0 Å². The monoisotopic (exact) mass is 714 g/mol. The van der Waals surface area contributed by atoms with Crippen LogP contribution in [0.5, 0.6) is 0 Å². The Balaban J connectivity index is 1.12. The summed E-state index contributed by atoms with van der Waals surface area (Å²) < 4.78 is 29.8. The molecule has 0 saturated carbocycles. The number of ether oxygens (including phenoxy) is 5. The van der Waals surface area contributed by atoms with Crippen molar-refractivity contribution in [3.05, 3.63) is 88.5 Å². The van der Waals surface area contributed by atoms with Crippen LogP contribution in [0.1, 0.15) is 60.2 Å². The zero-order valence-electron chi connectivity index (χ0n) is 29.1. The molecule has 2 aromatic rings. The van der Waals surface area contributed by atoms with Crippen LogP contribution in [0.2, 0.25) is 0 Å². The maximum absolute atomic E-state index is 14.1. The third-order valence-corrected chi connectivity index (χ3v) is 10.3. The lowest BCUT2D eigenvalue weighted by atomic mass is 9.90. The molecule has 7 rings (SSSR count). The summed E-state index contributed by atoms with van der Waals surface area (Å²) in [6.07, 6.45) is 3.03. The van der Waals surface area contributed by atoms with Crippen molar-refractivity contribution in [2.45, 2.75) is 82.2 Å². The molecule has 5 unspecified atom stereocenters. The van der Waals surface area contributed by atoms with Gasteiger partial charge in [-0.1, -0.05) is 56.3 Å². The number of cyclic esters (lactones) is 1. The van der Waals surface area contributed by atoms with Crippen molar-refractivity contribution in [2.24, 2.45) is 5.41 Å². The number of carbonyl (C=O) groups is 5. The Morgan fingerprint density at radius 1 is 1.02 bits per heavy atom. The topological polar surface area (TPSA) is 167 Å². The third kappa shape index (κ3) is 7.00. The van der Waals surface area contributed by atoms with E-state index in [-0.39, 0.29) is 43.6 Å². The first-order chi connectivity index (χ1) is 25.0.